The van der Waals surface area contributed by atoms with E-state index in [2.05, 4.69) is 10.3 Å². The highest BCUT2D eigenvalue weighted by molar-refractivity contribution is 7.90. The van der Waals surface area contributed by atoms with E-state index in [-0.39, 0.29) is 17.4 Å². The lowest BCUT2D eigenvalue weighted by atomic mass is 10.1. The van der Waals surface area contributed by atoms with Crippen LogP contribution in [0.3, 0.4) is 0 Å². The maximum atomic E-state index is 12.3. The van der Waals surface area contributed by atoms with Crippen LogP contribution in [0.4, 0.5) is 0 Å². The fraction of sp³-hybridized carbons (Fsp3) is 0.235. The SMILES string of the molecule is CCOc1ncccc1S(=O)(=O)NC(=O)CNC(=O)c1ccc(C)cc1. The van der Waals surface area contributed by atoms with Crippen molar-refractivity contribution < 1.29 is 22.7 Å². The molecule has 0 radical (unpaired) electrons. The molecule has 1 aromatic carbocycles. The van der Waals surface area contributed by atoms with Gasteiger partial charge in [-0.1, -0.05) is 17.7 Å². The van der Waals surface area contributed by atoms with Gasteiger partial charge < -0.3 is 10.1 Å². The standard InChI is InChI=1S/C17H19N3O5S/c1-3-25-17-14(5-4-10-18-17)26(23,24)20-15(21)11-19-16(22)13-8-6-12(2)7-9-13/h4-10H,3,11H2,1-2H3,(H,19,22)(H,20,21). The molecule has 2 aromatic rings. The van der Waals surface area contributed by atoms with E-state index in [0.29, 0.717) is 5.56 Å². The van der Waals surface area contributed by atoms with E-state index in [1.807, 2.05) is 11.6 Å². The van der Waals surface area contributed by atoms with Crippen LogP contribution in [0, 0.1) is 6.92 Å². The second kappa shape index (κ2) is 8.43. The Morgan fingerprint density at radius 2 is 1.85 bits per heavy atom. The summed E-state index contributed by atoms with van der Waals surface area (Å²) in [5.74, 6) is -1.45. The largest absolute Gasteiger partial charge is 0.477 e. The smallest absolute Gasteiger partial charge is 0.269 e. The lowest BCUT2D eigenvalue weighted by Gasteiger charge is -2.11. The number of carbonyl (C=O) groups excluding carboxylic acids is 2. The molecule has 2 amide bonds. The highest BCUT2D eigenvalue weighted by Gasteiger charge is 2.23. The monoisotopic (exact) mass is 377 g/mol. The summed E-state index contributed by atoms with van der Waals surface area (Å²) in [5.41, 5.74) is 1.36. The Morgan fingerprint density at radius 1 is 1.15 bits per heavy atom. The van der Waals surface area contributed by atoms with Crippen molar-refractivity contribution in [2.24, 2.45) is 0 Å². The van der Waals surface area contributed by atoms with E-state index >= 15 is 0 Å². The quantitative estimate of drug-likeness (QED) is 0.745. The molecule has 0 aliphatic carbocycles. The van der Waals surface area contributed by atoms with Gasteiger partial charge in [-0.2, -0.15) is 0 Å². The van der Waals surface area contributed by atoms with E-state index < -0.39 is 28.4 Å². The van der Waals surface area contributed by atoms with Crippen LogP contribution in [0.2, 0.25) is 0 Å². The molecular formula is C17H19N3O5S. The predicted octanol–water partition coefficient (Wildman–Crippen LogP) is 1.02. The molecule has 0 spiro atoms. The van der Waals surface area contributed by atoms with Crippen LogP contribution in [0.15, 0.2) is 47.5 Å². The van der Waals surface area contributed by atoms with Crippen LogP contribution in [0.1, 0.15) is 22.8 Å². The van der Waals surface area contributed by atoms with Crippen molar-refractivity contribution >= 4 is 21.8 Å². The molecule has 2 rings (SSSR count). The number of ether oxygens (including phenoxy) is 1. The molecule has 0 bridgehead atoms. The van der Waals surface area contributed by atoms with Crippen LogP contribution < -0.4 is 14.8 Å². The number of aryl methyl sites for hydroxylation is 1. The first-order chi connectivity index (χ1) is 12.3. The summed E-state index contributed by atoms with van der Waals surface area (Å²) < 4.78 is 31.7. The van der Waals surface area contributed by atoms with Crippen LogP contribution in [0.5, 0.6) is 5.88 Å². The molecule has 26 heavy (non-hydrogen) atoms. The number of benzene rings is 1. The Kier molecular flexibility index (Phi) is 6.29. The number of sulfonamides is 1. The minimum Gasteiger partial charge on any atom is -0.477 e. The number of nitrogens with zero attached hydrogens (tertiary/aromatic N) is 1. The Labute approximate surface area is 151 Å². The van der Waals surface area contributed by atoms with Crippen LogP contribution in [-0.2, 0) is 14.8 Å². The second-order valence-corrected chi connectivity index (χ2v) is 6.97. The fourth-order valence-electron chi connectivity index (χ4n) is 2.03. The number of aromatic nitrogens is 1. The average molecular weight is 377 g/mol. The first kappa shape index (κ1) is 19.4. The normalized spacial score (nSPS) is 10.8. The molecule has 2 N–H and O–H groups in total. The molecule has 8 nitrogen and oxygen atoms in total. The zero-order chi connectivity index (χ0) is 19.2. The van der Waals surface area contributed by atoms with Crippen molar-refractivity contribution in [1.29, 1.82) is 0 Å². The first-order valence-corrected chi connectivity index (χ1v) is 9.30. The van der Waals surface area contributed by atoms with E-state index in [0.717, 1.165) is 5.56 Å². The number of carbonyl (C=O) groups is 2. The summed E-state index contributed by atoms with van der Waals surface area (Å²) >= 11 is 0. The molecule has 1 aromatic heterocycles. The number of rotatable bonds is 7. The van der Waals surface area contributed by atoms with Crippen molar-refractivity contribution in [2.75, 3.05) is 13.2 Å². The summed E-state index contributed by atoms with van der Waals surface area (Å²) in [6.07, 6.45) is 1.38. The number of nitrogens with one attached hydrogen (secondary N) is 2. The third kappa shape index (κ3) is 5.03. The van der Waals surface area contributed by atoms with E-state index in [1.165, 1.54) is 18.3 Å². The lowest BCUT2D eigenvalue weighted by Crippen LogP contribution is -2.39. The molecule has 1 heterocycles. The minimum absolute atomic E-state index is 0.0982. The van der Waals surface area contributed by atoms with Crippen molar-refractivity contribution in [2.45, 2.75) is 18.7 Å². The molecule has 0 saturated heterocycles. The van der Waals surface area contributed by atoms with Crippen LogP contribution in [0.25, 0.3) is 0 Å². The zero-order valence-electron chi connectivity index (χ0n) is 14.4. The minimum atomic E-state index is -4.17. The molecule has 0 aliphatic rings. The van der Waals surface area contributed by atoms with Gasteiger partial charge in [0.15, 0.2) is 0 Å². The van der Waals surface area contributed by atoms with Gasteiger partial charge in [0.2, 0.25) is 5.88 Å². The Bertz CT molecular complexity index is 895. The van der Waals surface area contributed by atoms with E-state index in [4.69, 9.17) is 4.74 Å². The summed E-state index contributed by atoms with van der Waals surface area (Å²) in [4.78, 5) is 27.5. The molecule has 0 saturated carbocycles. The summed E-state index contributed by atoms with van der Waals surface area (Å²) in [6.45, 7) is 3.30. The average Bonchev–Trinajstić information content (AvgIpc) is 2.60. The maximum Gasteiger partial charge on any atom is 0.269 e. The molecule has 0 aliphatic heterocycles. The molecular weight excluding hydrogens is 358 g/mol. The van der Waals surface area contributed by atoms with Gasteiger partial charge in [-0.15, -0.1) is 0 Å². The van der Waals surface area contributed by atoms with Crippen molar-refractivity contribution in [1.82, 2.24) is 15.0 Å². The van der Waals surface area contributed by atoms with Crippen molar-refractivity contribution in [3.63, 3.8) is 0 Å². The third-order valence-corrected chi connectivity index (χ3v) is 4.66. The zero-order valence-corrected chi connectivity index (χ0v) is 15.2. The molecule has 0 unspecified atom stereocenters. The molecule has 9 heteroatoms. The Hall–Kier alpha value is -2.94. The van der Waals surface area contributed by atoms with Crippen LogP contribution in [-0.4, -0.2) is 38.4 Å². The van der Waals surface area contributed by atoms with Gasteiger partial charge in [0, 0.05) is 11.8 Å². The predicted molar refractivity (Wildman–Crippen MR) is 94.2 cm³/mol. The third-order valence-electron chi connectivity index (χ3n) is 3.28. The second-order valence-electron chi connectivity index (χ2n) is 5.32. The highest BCUT2D eigenvalue weighted by Crippen LogP contribution is 2.19. The van der Waals surface area contributed by atoms with Gasteiger partial charge in [0.1, 0.15) is 4.90 Å². The number of amides is 2. The molecule has 138 valence electrons. The fourth-order valence-corrected chi connectivity index (χ4v) is 3.12. The Balaban J connectivity index is 2.00. The van der Waals surface area contributed by atoms with Crippen LogP contribution >= 0.6 is 0 Å². The van der Waals surface area contributed by atoms with Gasteiger partial charge in [0.25, 0.3) is 21.8 Å². The topological polar surface area (TPSA) is 114 Å². The lowest BCUT2D eigenvalue weighted by molar-refractivity contribution is -0.118. The van der Waals surface area contributed by atoms with Gasteiger partial charge >= 0.3 is 0 Å². The van der Waals surface area contributed by atoms with E-state index in [9.17, 15) is 18.0 Å². The van der Waals surface area contributed by atoms with Gasteiger partial charge in [0.05, 0.1) is 13.2 Å². The number of pyridine rings is 1. The summed E-state index contributed by atoms with van der Waals surface area (Å²) in [6, 6.07) is 9.44. The van der Waals surface area contributed by atoms with Gasteiger partial charge in [-0.25, -0.2) is 18.1 Å². The maximum absolute atomic E-state index is 12.3. The first-order valence-electron chi connectivity index (χ1n) is 7.82. The molecule has 0 fully saturated rings. The van der Waals surface area contributed by atoms with Crippen molar-refractivity contribution in [3.05, 3.63) is 53.7 Å². The summed E-state index contributed by atoms with van der Waals surface area (Å²) in [5, 5.41) is 2.37. The molecule has 0 atom stereocenters. The Morgan fingerprint density at radius 3 is 2.50 bits per heavy atom. The van der Waals surface area contributed by atoms with Gasteiger partial charge in [-0.3, -0.25) is 9.59 Å². The van der Waals surface area contributed by atoms with Crippen molar-refractivity contribution in [3.8, 4) is 5.88 Å². The number of hydrogen-bond acceptors (Lipinski definition) is 6. The van der Waals surface area contributed by atoms with Gasteiger partial charge in [-0.05, 0) is 38.1 Å². The summed E-state index contributed by atoms with van der Waals surface area (Å²) in [7, 11) is -4.17. The number of hydrogen-bond donors (Lipinski definition) is 2. The highest BCUT2D eigenvalue weighted by atomic mass is 32.2. The van der Waals surface area contributed by atoms with E-state index in [1.54, 1.807) is 31.2 Å².